The molecule has 0 heterocycles. The molecule has 0 saturated heterocycles. The number of rotatable bonds is 7. The Bertz CT molecular complexity index is 1880. The van der Waals surface area contributed by atoms with Crippen LogP contribution in [0.15, 0.2) is 60.7 Å². The van der Waals surface area contributed by atoms with Crippen LogP contribution >= 0.6 is 11.6 Å². The maximum atomic E-state index is 14.7. The standard InChI is InChI=1S/C35H21ClF10O/c1-2-3-4-5-20-6-10-23(27(37)14-20)11-7-21-8-12-24(28(38)15-21)13-9-22-16-29(39)33(30(40)17-22)35(45,46)47-25-18-26(36)32(31(41)19-25)34(42,43)44/h6,8,10,12,14-19H,2-5H2,1H3. The molecule has 12 heteroatoms. The molecule has 244 valence electrons. The fraction of sp³-hybridized carbons (Fsp3) is 0.200. The zero-order chi connectivity index (χ0) is 34.5. The number of ether oxygens (including phenoxy) is 1. The normalized spacial score (nSPS) is 11.4. The molecule has 47 heavy (non-hydrogen) atoms. The molecule has 4 rings (SSSR count). The van der Waals surface area contributed by atoms with Gasteiger partial charge in [0.1, 0.15) is 46.0 Å². The molecule has 0 atom stereocenters. The lowest BCUT2D eigenvalue weighted by Crippen LogP contribution is -2.25. The van der Waals surface area contributed by atoms with Gasteiger partial charge >= 0.3 is 12.3 Å². The third-order valence-electron chi connectivity index (χ3n) is 6.63. The molecular weight excluding hydrogens is 662 g/mol. The number of benzene rings is 4. The smallest absolute Gasteiger partial charge is 0.429 e. The Hall–Kier alpha value is -4.61. The van der Waals surface area contributed by atoms with Gasteiger partial charge in [-0.15, -0.1) is 0 Å². The van der Waals surface area contributed by atoms with E-state index in [0.29, 0.717) is 12.1 Å². The van der Waals surface area contributed by atoms with Crippen LogP contribution in [0.4, 0.5) is 43.9 Å². The second-order valence-corrected chi connectivity index (χ2v) is 10.6. The van der Waals surface area contributed by atoms with Crippen molar-refractivity contribution in [3.8, 4) is 29.4 Å². The zero-order valence-corrected chi connectivity index (χ0v) is 24.9. The molecule has 0 bridgehead atoms. The van der Waals surface area contributed by atoms with E-state index in [4.69, 9.17) is 11.6 Å². The van der Waals surface area contributed by atoms with Gasteiger partial charge in [-0.05, 0) is 66.9 Å². The van der Waals surface area contributed by atoms with Crippen LogP contribution < -0.4 is 4.74 Å². The lowest BCUT2D eigenvalue weighted by atomic mass is 10.0. The molecule has 0 aliphatic heterocycles. The summed E-state index contributed by atoms with van der Waals surface area (Å²) in [5, 5.41) is -1.32. The van der Waals surface area contributed by atoms with Gasteiger partial charge in [-0.1, -0.05) is 61.1 Å². The van der Waals surface area contributed by atoms with Crippen molar-refractivity contribution in [1.82, 2.24) is 0 Å². The number of hydrogen-bond acceptors (Lipinski definition) is 1. The molecule has 0 unspecified atom stereocenters. The van der Waals surface area contributed by atoms with E-state index in [1.165, 1.54) is 24.3 Å². The summed E-state index contributed by atoms with van der Waals surface area (Å²) < 4.78 is 145. The van der Waals surface area contributed by atoms with Crippen molar-refractivity contribution in [2.45, 2.75) is 44.9 Å². The van der Waals surface area contributed by atoms with E-state index in [-0.39, 0.29) is 28.8 Å². The third-order valence-corrected chi connectivity index (χ3v) is 6.93. The molecule has 0 N–H and O–H groups in total. The summed E-state index contributed by atoms with van der Waals surface area (Å²) in [6.45, 7) is 2.07. The van der Waals surface area contributed by atoms with Crippen LogP contribution in [-0.4, -0.2) is 0 Å². The van der Waals surface area contributed by atoms with Gasteiger partial charge in [0.15, 0.2) is 0 Å². The second kappa shape index (κ2) is 14.4. The van der Waals surface area contributed by atoms with Crippen molar-refractivity contribution in [3.05, 3.63) is 134 Å². The van der Waals surface area contributed by atoms with Gasteiger partial charge < -0.3 is 4.74 Å². The first-order chi connectivity index (χ1) is 22.1. The first-order valence-electron chi connectivity index (χ1n) is 13.8. The van der Waals surface area contributed by atoms with Crippen molar-refractivity contribution in [3.63, 3.8) is 0 Å². The molecule has 0 amide bonds. The van der Waals surface area contributed by atoms with Crippen LogP contribution in [-0.2, 0) is 18.7 Å². The van der Waals surface area contributed by atoms with Gasteiger partial charge in [-0.25, -0.2) is 22.0 Å². The zero-order valence-electron chi connectivity index (χ0n) is 24.2. The average Bonchev–Trinajstić information content (AvgIpc) is 2.94. The first-order valence-corrected chi connectivity index (χ1v) is 14.2. The molecule has 0 fully saturated rings. The van der Waals surface area contributed by atoms with E-state index in [9.17, 15) is 43.9 Å². The Morgan fingerprint density at radius 3 is 1.72 bits per heavy atom. The van der Waals surface area contributed by atoms with Crippen LogP contribution in [0.5, 0.6) is 5.75 Å². The van der Waals surface area contributed by atoms with Gasteiger partial charge in [0, 0.05) is 17.2 Å². The monoisotopic (exact) mass is 682 g/mol. The highest BCUT2D eigenvalue weighted by Gasteiger charge is 2.42. The largest absolute Gasteiger partial charge is 0.432 e. The molecule has 4 aromatic carbocycles. The predicted octanol–water partition coefficient (Wildman–Crippen LogP) is 10.7. The van der Waals surface area contributed by atoms with Gasteiger partial charge in [0.05, 0.1) is 16.1 Å². The van der Waals surface area contributed by atoms with E-state index in [0.717, 1.165) is 37.3 Å². The van der Waals surface area contributed by atoms with E-state index in [2.05, 4.69) is 35.3 Å². The van der Waals surface area contributed by atoms with Crippen LogP contribution in [0, 0.1) is 52.8 Å². The van der Waals surface area contributed by atoms with Crippen LogP contribution in [0.3, 0.4) is 0 Å². The summed E-state index contributed by atoms with van der Waals surface area (Å²) in [5.41, 5.74) is -3.48. The minimum absolute atomic E-state index is 0.0610. The molecule has 4 aromatic rings. The third kappa shape index (κ3) is 8.81. The Labute approximate surface area is 268 Å². The molecule has 0 aliphatic carbocycles. The van der Waals surface area contributed by atoms with Crippen molar-refractivity contribution >= 4 is 11.6 Å². The highest BCUT2D eigenvalue weighted by atomic mass is 35.5. The van der Waals surface area contributed by atoms with Gasteiger partial charge in [-0.3, -0.25) is 0 Å². The average molecular weight is 683 g/mol. The quantitative estimate of drug-likeness (QED) is 0.107. The van der Waals surface area contributed by atoms with Crippen molar-refractivity contribution in [2.24, 2.45) is 0 Å². The summed E-state index contributed by atoms with van der Waals surface area (Å²) in [5.74, 6) is 1.42. The topological polar surface area (TPSA) is 9.23 Å². The Kier molecular flexibility index (Phi) is 10.8. The minimum atomic E-state index is -5.25. The summed E-state index contributed by atoms with van der Waals surface area (Å²) in [4.78, 5) is 0. The second-order valence-electron chi connectivity index (χ2n) is 10.2. The molecule has 0 aromatic heterocycles. The summed E-state index contributed by atoms with van der Waals surface area (Å²) >= 11 is 5.36. The van der Waals surface area contributed by atoms with Gasteiger partial charge in [0.2, 0.25) is 0 Å². The maximum absolute atomic E-state index is 14.7. The Balaban J connectivity index is 1.51. The number of hydrogen-bond donors (Lipinski definition) is 0. The SMILES string of the molecule is CCCCCc1ccc(C#Cc2ccc(C#Cc3cc(F)c(C(F)(F)Oc4cc(F)c(C(F)(F)F)c(Cl)c4)c(F)c3)c(F)c2)c(F)c1. The summed E-state index contributed by atoms with van der Waals surface area (Å²) in [7, 11) is 0. The molecular formula is C35H21ClF10O. The van der Waals surface area contributed by atoms with Crippen molar-refractivity contribution in [2.75, 3.05) is 0 Å². The van der Waals surface area contributed by atoms with Crippen LogP contribution in [0.1, 0.15) is 65.1 Å². The van der Waals surface area contributed by atoms with Crippen molar-refractivity contribution in [1.29, 1.82) is 0 Å². The van der Waals surface area contributed by atoms with Gasteiger partial charge in [0.25, 0.3) is 0 Å². The highest BCUT2D eigenvalue weighted by molar-refractivity contribution is 6.31. The fourth-order valence-electron chi connectivity index (χ4n) is 4.37. The Morgan fingerprint density at radius 1 is 0.617 bits per heavy atom. The predicted molar refractivity (Wildman–Crippen MR) is 155 cm³/mol. The number of halogens is 11. The first kappa shape index (κ1) is 35.2. The number of aryl methyl sites for hydroxylation is 1. The molecule has 0 aliphatic rings. The van der Waals surface area contributed by atoms with E-state index in [1.807, 2.05) is 0 Å². The lowest BCUT2D eigenvalue weighted by Gasteiger charge is -2.20. The van der Waals surface area contributed by atoms with Crippen molar-refractivity contribution < 1.29 is 48.6 Å². The fourth-order valence-corrected chi connectivity index (χ4v) is 4.67. The Morgan fingerprint density at radius 2 is 1.17 bits per heavy atom. The number of unbranched alkanes of at least 4 members (excludes halogenated alkanes) is 2. The lowest BCUT2D eigenvalue weighted by molar-refractivity contribution is -0.189. The molecule has 0 radical (unpaired) electrons. The summed E-state index contributed by atoms with van der Waals surface area (Å²) in [6, 6.07) is 9.23. The number of alkyl halides is 5. The molecule has 0 spiro atoms. The highest BCUT2D eigenvalue weighted by Crippen LogP contribution is 2.41. The molecule has 1 nitrogen and oxygen atoms in total. The molecule has 0 saturated carbocycles. The van der Waals surface area contributed by atoms with E-state index >= 15 is 0 Å². The van der Waals surface area contributed by atoms with E-state index < -0.39 is 68.8 Å². The summed E-state index contributed by atoms with van der Waals surface area (Å²) in [6.07, 6.45) is -6.35. The van der Waals surface area contributed by atoms with Crippen LogP contribution in [0.2, 0.25) is 5.02 Å². The van der Waals surface area contributed by atoms with Crippen LogP contribution in [0.25, 0.3) is 0 Å². The maximum Gasteiger partial charge on any atom is 0.432 e. The van der Waals surface area contributed by atoms with E-state index in [1.54, 1.807) is 6.07 Å². The minimum Gasteiger partial charge on any atom is -0.429 e. The van der Waals surface area contributed by atoms with Gasteiger partial charge in [-0.2, -0.15) is 22.0 Å².